The molecule has 7 nitrogen and oxygen atoms in total. The van der Waals surface area contributed by atoms with E-state index in [9.17, 15) is 9.18 Å². The third-order valence-electron chi connectivity index (χ3n) is 5.79. The normalized spacial score (nSPS) is 23.2. The quantitative estimate of drug-likeness (QED) is 0.731. The van der Waals surface area contributed by atoms with Crippen LogP contribution in [0.15, 0.2) is 42.7 Å². The van der Waals surface area contributed by atoms with Crippen LogP contribution in [0.2, 0.25) is 0 Å². The second kappa shape index (κ2) is 10.3. The molecule has 3 atom stereocenters. The minimum absolute atomic E-state index is 0.0156. The Kier molecular flexibility index (Phi) is 7.22. The van der Waals surface area contributed by atoms with Crippen LogP contribution in [0.4, 0.5) is 20.6 Å². The highest BCUT2D eigenvalue weighted by Crippen LogP contribution is 2.26. The Morgan fingerprint density at radius 3 is 2.75 bits per heavy atom. The van der Waals surface area contributed by atoms with Crippen LogP contribution < -0.4 is 10.2 Å². The first-order valence-electron chi connectivity index (χ1n) is 11.2. The molecule has 1 aromatic heterocycles. The molecule has 32 heavy (non-hydrogen) atoms. The van der Waals surface area contributed by atoms with Crippen LogP contribution in [0.5, 0.6) is 0 Å². The Balaban J connectivity index is 1.45. The van der Waals surface area contributed by atoms with Gasteiger partial charge in [0.15, 0.2) is 0 Å². The fourth-order valence-corrected chi connectivity index (χ4v) is 4.38. The van der Waals surface area contributed by atoms with Gasteiger partial charge in [0, 0.05) is 50.9 Å². The van der Waals surface area contributed by atoms with Gasteiger partial charge in [-0.2, -0.15) is 0 Å². The number of aromatic nitrogens is 1. The van der Waals surface area contributed by atoms with Crippen molar-refractivity contribution in [3.05, 3.63) is 54.1 Å². The lowest BCUT2D eigenvalue weighted by atomic mass is 10.2. The van der Waals surface area contributed by atoms with Gasteiger partial charge in [0.2, 0.25) is 0 Å². The van der Waals surface area contributed by atoms with Crippen LogP contribution in [0.1, 0.15) is 32.3 Å². The van der Waals surface area contributed by atoms with Gasteiger partial charge in [-0.3, -0.25) is 4.98 Å². The number of hydrogen-bond donors (Lipinski definition) is 1. The fourth-order valence-electron chi connectivity index (χ4n) is 4.38. The molecule has 3 heterocycles. The van der Waals surface area contributed by atoms with E-state index in [0.717, 1.165) is 25.0 Å². The Hall–Kier alpha value is -2.71. The third-order valence-corrected chi connectivity index (χ3v) is 5.79. The summed E-state index contributed by atoms with van der Waals surface area (Å²) >= 11 is 0. The zero-order valence-corrected chi connectivity index (χ0v) is 18.7. The molecule has 2 aliphatic heterocycles. The number of anilines is 2. The number of carbonyl (C=O) groups excluding carboxylic acids is 1. The third kappa shape index (κ3) is 5.75. The van der Waals surface area contributed by atoms with Crippen LogP contribution in [0, 0.1) is 5.82 Å². The summed E-state index contributed by atoms with van der Waals surface area (Å²) in [5.74, 6) is -0.359. The average Bonchev–Trinajstić information content (AvgIpc) is 3.26. The standard InChI is InChI=1S/C24H31FN4O3/c1-17-13-28(14-18(2)32-17)23-8-7-20(11-22(23)25)27-24(30)29(16-21-6-4-10-31-21)15-19-5-3-9-26-12-19/h3,5,7-9,11-12,17-18,21H,4,6,10,13-16H2,1-2H3,(H,27,30)/t17-,18+,21-/m1/s1. The predicted molar refractivity (Wildman–Crippen MR) is 121 cm³/mol. The van der Waals surface area contributed by atoms with Gasteiger partial charge in [-0.15, -0.1) is 0 Å². The Morgan fingerprint density at radius 2 is 2.09 bits per heavy atom. The number of hydrogen-bond acceptors (Lipinski definition) is 5. The first-order chi connectivity index (χ1) is 15.5. The summed E-state index contributed by atoms with van der Waals surface area (Å²) in [6, 6.07) is 8.34. The van der Waals surface area contributed by atoms with Crippen LogP contribution in [0.3, 0.4) is 0 Å². The number of nitrogens with zero attached hydrogens (tertiary/aromatic N) is 3. The van der Waals surface area contributed by atoms with Crippen LogP contribution >= 0.6 is 0 Å². The Labute approximate surface area is 188 Å². The summed E-state index contributed by atoms with van der Waals surface area (Å²) < 4.78 is 26.4. The number of benzene rings is 1. The molecule has 2 fully saturated rings. The van der Waals surface area contributed by atoms with Gasteiger partial charge < -0.3 is 24.6 Å². The van der Waals surface area contributed by atoms with Crippen molar-refractivity contribution in [3.63, 3.8) is 0 Å². The van der Waals surface area contributed by atoms with E-state index in [1.165, 1.54) is 6.07 Å². The van der Waals surface area contributed by atoms with E-state index >= 15 is 0 Å². The Bertz CT molecular complexity index is 897. The van der Waals surface area contributed by atoms with E-state index in [2.05, 4.69) is 10.3 Å². The summed E-state index contributed by atoms with van der Waals surface area (Å²) in [7, 11) is 0. The molecule has 0 aliphatic carbocycles. The number of ether oxygens (including phenoxy) is 2. The van der Waals surface area contributed by atoms with E-state index in [4.69, 9.17) is 9.47 Å². The zero-order valence-electron chi connectivity index (χ0n) is 18.7. The maximum Gasteiger partial charge on any atom is 0.322 e. The molecule has 0 saturated carbocycles. The van der Waals surface area contributed by atoms with Crippen molar-refractivity contribution >= 4 is 17.4 Å². The molecule has 2 aliphatic rings. The maximum atomic E-state index is 14.9. The maximum absolute atomic E-state index is 14.9. The molecule has 0 unspecified atom stereocenters. The average molecular weight is 443 g/mol. The van der Waals surface area contributed by atoms with E-state index in [1.54, 1.807) is 29.4 Å². The number of nitrogens with one attached hydrogen (secondary N) is 1. The smallest absolute Gasteiger partial charge is 0.322 e. The Morgan fingerprint density at radius 1 is 1.28 bits per heavy atom. The summed E-state index contributed by atoms with van der Waals surface area (Å²) in [6.07, 6.45) is 5.47. The predicted octanol–water partition coefficient (Wildman–Crippen LogP) is 4.05. The summed E-state index contributed by atoms with van der Waals surface area (Å²) in [6.45, 7) is 6.84. The molecule has 2 saturated heterocycles. The van der Waals surface area contributed by atoms with Gasteiger partial charge in [0.25, 0.3) is 0 Å². The molecule has 2 amide bonds. The number of urea groups is 1. The highest BCUT2D eigenvalue weighted by atomic mass is 19.1. The lowest BCUT2D eigenvalue weighted by molar-refractivity contribution is -0.00539. The SMILES string of the molecule is C[C@@H]1CN(c2ccc(NC(=O)N(Cc3cccnc3)C[C@H]3CCCO3)cc2F)C[C@H](C)O1. The number of rotatable bonds is 6. The van der Waals surface area contributed by atoms with Gasteiger partial charge in [-0.05, 0) is 56.5 Å². The largest absolute Gasteiger partial charge is 0.376 e. The first-order valence-corrected chi connectivity index (χ1v) is 11.2. The van der Waals surface area contributed by atoms with Crippen LogP contribution in [-0.4, -0.2) is 60.5 Å². The van der Waals surface area contributed by atoms with Gasteiger partial charge in [0.05, 0.1) is 24.0 Å². The first kappa shape index (κ1) is 22.5. The number of morpholine rings is 1. The second-order valence-electron chi connectivity index (χ2n) is 8.64. The van der Waals surface area contributed by atoms with E-state index in [-0.39, 0.29) is 30.2 Å². The molecule has 0 radical (unpaired) electrons. The van der Waals surface area contributed by atoms with Crippen LogP contribution in [-0.2, 0) is 16.0 Å². The van der Waals surface area contributed by atoms with Crippen molar-refractivity contribution in [3.8, 4) is 0 Å². The van der Waals surface area contributed by atoms with E-state index in [1.807, 2.05) is 30.9 Å². The van der Waals surface area contributed by atoms with Crippen molar-refractivity contribution in [2.45, 2.75) is 51.5 Å². The van der Waals surface area contributed by atoms with Crippen molar-refractivity contribution < 1.29 is 18.7 Å². The van der Waals surface area contributed by atoms with Gasteiger partial charge >= 0.3 is 6.03 Å². The monoisotopic (exact) mass is 442 g/mol. The molecule has 1 N–H and O–H groups in total. The molecule has 8 heteroatoms. The highest BCUT2D eigenvalue weighted by molar-refractivity contribution is 5.89. The van der Waals surface area contributed by atoms with Gasteiger partial charge in [-0.25, -0.2) is 9.18 Å². The topological polar surface area (TPSA) is 66.9 Å². The molecule has 0 bridgehead atoms. The van der Waals surface area contributed by atoms with Crippen molar-refractivity contribution in [2.24, 2.45) is 0 Å². The minimum atomic E-state index is -0.359. The molecular formula is C24H31FN4O3. The van der Waals surface area contributed by atoms with Crippen molar-refractivity contribution in [1.29, 1.82) is 0 Å². The van der Waals surface area contributed by atoms with Crippen molar-refractivity contribution in [2.75, 3.05) is 36.5 Å². The summed E-state index contributed by atoms with van der Waals surface area (Å²) in [5, 5.41) is 2.85. The molecule has 0 spiro atoms. The lowest BCUT2D eigenvalue weighted by Crippen LogP contribution is -2.45. The molecular weight excluding hydrogens is 411 g/mol. The number of amides is 2. The molecule has 172 valence electrons. The van der Waals surface area contributed by atoms with Gasteiger partial charge in [0.1, 0.15) is 5.82 Å². The van der Waals surface area contributed by atoms with Gasteiger partial charge in [-0.1, -0.05) is 6.07 Å². The minimum Gasteiger partial charge on any atom is -0.376 e. The molecule has 1 aromatic carbocycles. The van der Waals surface area contributed by atoms with Crippen LogP contribution in [0.25, 0.3) is 0 Å². The number of halogens is 1. The molecule has 4 rings (SSSR count). The highest BCUT2D eigenvalue weighted by Gasteiger charge is 2.26. The van der Waals surface area contributed by atoms with E-state index < -0.39 is 0 Å². The summed E-state index contributed by atoms with van der Waals surface area (Å²) in [5.41, 5.74) is 1.88. The summed E-state index contributed by atoms with van der Waals surface area (Å²) in [4.78, 5) is 20.9. The zero-order chi connectivity index (χ0) is 22.5. The fraction of sp³-hybridized carbons (Fsp3) is 0.500. The lowest BCUT2D eigenvalue weighted by Gasteiger charge is -2.37. The molecule has 2 aromatic rings. The number of pyridine rings is 1. The van der Waals surface area contributed by atoms with Crippen molar-refractivity contribution in [1.82, 2.24) is 9.88 Å². The second-order valence-corrected chi connectivity index (χ2v) is 8.64. The number of carbonyl (C=O) groups is 1. The van der Waals surface area contributed by atoms with E-state index in [0.29, 0.717) is 37.6 Å².